The number of aliphatic carboxylic acids is 1. The molecule has 0 aliphatic carbocycles. The molecule has 0 aliphatic rings. The normalized spacial score (nSPS) is 14.7. The Morgan fingerprint density at radius 1 is 1.17 bits per heavy atom. The number of amides is 2. The number of halogens is 3. The van der Waals surface area contributed by atoms with Crippen molar-refractivity contribution in [3.63, 3.8) is 0 Å². The molecule has 5 nitrogen and oxygen atoms in total. The van der Waals surface area contributed by atoms with Crippen LogP contribution in [0.4, 0.5) is 18.0 Å². The molecule has 0 rings (SSSR count). The number of hydrogen-bond acceptors (Lipinski definition) is 2. The Balaban J connectivity index is 3.92. The number of carboxylic acids is 1. The van der Waals surface area contributed by atoms with E-state index in [4.69, 9.17) is 5.11 Å². The molecule has 2 amide bonds. The Hall–Kier alpha value is -1.47. The van der Waals surface area contributed by atoms with Crippen molar-refractivity contribution in [2.45, 2.75) is 51.4 Å². The van der Waals surface area contributed by atoms with Gasteiger partial charge in [0.05, 0.1) is 6.42 Å². The highest BCUT2D eigenvalue weighted by atomic mass is 19.4. The van der Waals surface area contributed by atoms with E-state index >= 15 is 0 Å². The summed E-state index contributed by atoms with van der Waals surface area (Å²) in [4.78, 5) is 21.5. The third-order valence-corrected chi connectivity index (χ3v) is 2.08. The number of nitrogens with one attached hydrogen (secondary N) is 2. The lowest BCUT2D eigenvalue weighted by Gasteiger charge is -2.18. The van der Waals surface area contributed by atoms with Crippen LogP contribution in [0, 0.1) is 0 Å². The van der Waals surface area contributed by atoms with E-state index < -0.39 is 36.7 Å². The predicted octanol–water partition coefficient (Wildman–Crippen LogP) is 1.88. The average molecular weight is 270 g/mol. The SMILES string of the molecule is CC(CCC(=O)O)NC(=O)NC(C)CC(F)(F)F. The van der Waals surface area contributed by atoms with E-state index in [1.165, 1.54) is 6.92 Å². The predicted molar refractivity (Wildman–Crippen MR) is 58.1 cm³/mol. The number of carbonyl (C=O) groups is 2. The minimum absolute atomic E-state index is 0.112. The summed E-state index contributed by atoms with van der Waals surface area (Å²) in [7, 11) is 0. The van der Waals surface area contributed by atoms with E-state index in [2.05, 4.69) is 10.6 Å². The van der Waals surface area contributed by atoms with Crippen molar-refractivity contribution >= 4 is 12.0 Å². The zero-order chi connectivity index (χ0) is 14.3. The van der Waals surface area contributed by atoms with Crippen LogP contribution in [0.1, 0.15) is 33.1 Å². The molecule has 3 N–H and O–H groups in total. The molecule has 0 fully saturated rings. The number of hydrogen-bond donors (Lipinski definition) is 3. The van der Waals surface area contributed by atoms with Crippen LogP contribution in [0.5, 0.6) is 0 Å². The first-order valence-corrected chi connectivity index (χ1v) is 5.45. The summed E-state index contributed by atoms with van der Waals surface area (Å²) in [5.41, 5.74) is 0. The molecular weight excluding hydrogens is 253 g/mol. The van der Waals surface area contributed by atoms with Gasteiger partial charge in [0.2, 0.25) is 0 Å². The van der Waals surface area contributed by atoms with Crippen LogP contribution in [0.15, 0.2) is 0 Å². The molecule has 0 radical (unpaired) electrons. The molecule has 0 saturated heterocycles. The molecule has 106 valence electrons. The highest BCUT2D eigenvalue weighted by molar-refractivity contribution is 5.74. The number of rotatable bonds is 6. The Labute approximate surface area is 103 Å². The zero-order valence-electron chi connectivity index (χ0n) is 10.2. The second-order valence-corrected chi connectivity index (χ2v) is 4.17. The van der Waals surface area contributed by atoms with Gasteiger partial charge in [-0.1, -0.05) is 0 Å². The summed E-state index contributed by atoms with van der Waals surface area (Å²) in [6.07, 6.45) is -5.33. The lowest BCUT2D eigenvalue weighted by Crippen LogP contribution is -2.45. The third kappa shape index (κ3) is 9.73. The van der Waals surface area contributed by atoms with Crippen molar-refractivity contribution in [2.24, 2.45) is 0 Å². The Kier molecular flexibility index (Phi) is 6.50. The quantitative estimate of drug-likeness (QED) is 0.689. The number of alkyl halides is 3. The number of carbonyl (C=O) groups excluding carboxylic acids is 1. The summed E-state index contributed by atoms with van der Waals surface area (Å²) in [6.45, 7) is 2.83. The van der Waals surface area contributed by atoms with Gasteiger partial charge in [-0.25, -0.2) is 4.79 Å². The molecule has 0 heterocycles. The molecule has 0 bridgehead atoms. The van der Waals surface area contributed by atoms with Crippen LogP contribution in [-0.4, -0.2) is 35.4 Å². The molecule has 8 heteroatoms. The van der Waals surface area contributed by atoms with Gasteiger partial charge in [-0.05, 0) is 20.3 Å². The monoisotopic (exact) mass is 270 g/mol. The van der Waals surface area contributed by atoms with Gasteiger partial charge < -0.3 is 15.7 Å². The van der Waals surface area contributed by atoms with Gasteiger partial charge in [-0.2, -0.15) is 13.2 Å². The smallest absolute Gasteiger partial charge is 0.391 e. The molecule has 0 saturated carbocycles. The van der Waals surface area contributed by atoms with E-state index in [1.54, 1.807) is 6.92 Å². The maximum absolute atomic E-state index is 12.0. The summed E-state index contributed by atoms with van der Waals surface area (Å²) >= 11 is 0. The summed E-state index contributed by atoms with van der Waals surface area (Å²) in [5, 5.41) is 12.9. The molecular formula is C10H17F3N2O3. The van der Waals surface area contributed by atoms with E-state index in [0.29, 0.717) is 0 Å². The molecule has 0 aromatic rings. The van der Waals surface area contributed by atoms with Gasteiger partial charge in [-0.3, -0.25) is 4.79 Å². The van der Waals surface area contributed by atoms with Crippen LogP contribution >= 0.6 is 0 Å². The fourth-order valence-electron chi connectivity index (χ4n) is 1.30. The van der Waals surface area contributed by atoms with Crippen LogP contribution in [0.25, 0.3) is 0 Å². The lowest BCUT2D eigenvalue weighted by molar-refractivity contribution is -0.139. The maximum atomic E-state index is 12.0. The van der Waals surface area contributed by atoms with E-state index in [-0.39, 0.29) is 12.8 Å². The second kappa shape index (κ2) is 7.07. The van der Waals surface area contributed by atoms with E-state index in [1.807, 2.05) is 0 Å². The van der Waals surface area contributed by atoms with Gasteiger partial charge in [0.1, 0.15) is 0 Å². The highest BCUT2D eigenvalue weighted by Crippen LogP contribution is 2.21. The van der Waals surface area contributed by atoms with Gasteiger partial charge in [0, 0.05) is 18.5 Å². The lowest BCUT2D eigenvalue weighted by atomic mass is 10.2. The molecule has 0 spiro atoms. The number of urea groups is 1. The van der Waals surface area contributed by atoms with Crippen LogP contribution < -0.4 is 10.6 Å². The topological polar surface area (TPSA) is 78.4 Å². The first-order valence-electron chi connectivity index (χ1n) is 5.45. The summed E-state index contributed by atoms with van der Waals surface area (Å²) < 4.78 is 36.0. The molecule has 18 heavy (non-hydrogen) atoms. The minimum Gasteiger partial charge on any atom is -0.481 e. The molecule has 0 aliphatic heterocycles. The first-order chi connectivity index (χ1) is 8.10. The standard InChI is InChI=1S/C10H17F3N2O3/c1-6(3-4-8(16)17)14-9(18)15-7(2)5-10(11,12)13/h6-7H,3-5H2,1-2H3,(H,16,17)(H2,14,15,18). The van der Waals surface area contributed by atoms with E-state index in [9.17, 15) is 22.8 Å². The van der Waals surface area contributed by atoms with Crippen molar-refractivity contribution in [1.29, 1.82) is 0 Å². The average Bonchev–Trinajstić information content (AvgIpc) is 2.10. The van der Waals surface area contributed by atoms with Gasteiger partial charge in [0.15, 0.2) is 0 Å². The van der Waals surface area contributed by atoms with Crippen molar-refractivity contribution in [3.8, 4) is 0 Å². The largest absolute Gasteiger partial charge is 0.481 e. The molecule has 2 unspecified atom stereocenters. The second-order valence-electron chi connectivity index (χ2n) is 4.17. The van der Waals surface area contributed by atoms with Crippen LogP contribution in [0.3, 0.4) is 0 Å². The summed E-state index contributed by atoms with van der Waals surface area (Å²) in [6, 6.07) is -2.18. The first kappa shape index (κ1) is 16.5. The van der Waals surface area contributed by atoms with Gasteiger partial charge in [-0.15, -0.1) is 0 Å². The molecule has 0 aromatic carbocycles. The third-order valence-electron chi connectivity index (χ3n) is 2.08. The minimum atomic E-state index is -4.33. The fraction of sp³-hybridized carbons (Fsp3) is 0.800. The molecule has 0 aromatic heterocycles. The van der Waals surface area contributed by atoms with Crippen LogP contribution in [0.2, 0.25) is 0 Å². The number of carboxylic acid groups (broad SMARTS) is 1. The molecule has 2 atom stereocenters. The fourth-order valence-corrected chi connectivity index (χ4v) is 1.30. The zero-order valence-corrected chi connectivity index (χ0v) is 10.2. The Bertz CT molecular complexity index is 295. The van der Waals surface area contributed by atoms with Crippen LogP contribution in [-0.2, 0) is 4.79 Å². The summed E-state index contributed by atoms with van der Waals surface area (Å²) in [5.74, 6) is -0.991. The van der Waals surface area contributed by atoms with Crippen molar-refractivity contribution in [3.05, 3.63) is 0 Å². The van der Waals surface area contributed by atoms with Crippen molar-refractivity contribution < 1.29 is 27.9 Å². The highest BCUT2D eigenvalue weighted by Gasteiger charge is 2.30. The Morgan fingerprint density at radius 3 is 2.11 bits per heavy atom. The maximum Gasteiger partial charge on any atom is 0.391 e. The van der Waals surface area contributed by atoms with Crippen molar-refractivity contribution in [1.82, 2.24) is 10.6 Å². The van der Waals surface area contributed by atoms with Crippen molar-refractivity contribution in [2.75, 3.05) is 0 Å². The Morgan fingerprint density at radius 2 is 1.67 bits per heavy atom. The van der Waals surface area contributed by atoms with Gasteiger partial charge >= 0.3 is 18.2 Å². The van der Waals surface area contributed by atoms with Gasteiger partial charge in [0.25, 0.3) is 0 Å². The van der Waals surface area contributed by atoms with E-state index in [0.717, 1.165) is 0 Å².